The van der Waals surface area contributed by atoms with Crippen LogP contribution in [0, 0.1) is 0 Å². The number of benzene rings is 1. The van der Waals surface area contributed by atoms with Gasteiger partial charge in [0.25, 0.3) is 0 Å². The first kappa shape index (κ1) is 12.5. The fourth-order valence-corrected chi connectivity index (χ4v) is 1.88. The van der Waals surface area contributed by atoms with Crippen molar-refractivity contribution in [1.82, 2.24) is 0 Å². The van der Waals surface area contributed by atoms with Gasteiger partial charge in [-0.05, 0) is 25.1 Å². The molecule has 0 bridgehead atoms. The first-order chi connectivity index (χ1) is 8.38. The number of ether oxygens (including phenoxy) is 1. The topological polar surface area (TPSA) is 105 Å². The molecule has 98 valence electrons. The molecule has 1 aromatic carbocycles. The lowest BCUT2D eigenvalue weighted by molar-refractivity contribution is -0.159. The summed E-state index contributed by atoms with van der Waals surface area (Å²) >= 11 is 0. The zero-order valence-electron chi connectivity index (χ0n) is 10.0. The van der Waals surface area contributed by atoms with Crippen LogP contribution >= 0.6 is 0 Å². The Morgan fingerprint density at radius 2 is 2.39 bits per heavy atom. The molecule has 2 atom stereocenters. The molecule has 18 heavy (non-hydrogen) atoms. The van der Waals surface area contributed by atoms with Crippen LogP contribution in [0.3, 0.4) is 0 Å². The minimum Gasteiger partial charge on any atom is -0.486 e. The van der Waals surface area contributed by atoms with Crippen LogP contribution in [0.25, 0.3) is 0 Å². The molecule has 1 aliphatic rings. The maximum absolute atomic E-state index is 10.8. The highest BCUT2D eigenvalue weighted by molar-refractivity contribution is 5.76. The lowest BCUT2D eigenvalue weighted by Crippen LogP contribution is -2.43. The molecule has 0 spiro atoms. The van der Waals surface area contributed by atoms with Gasteiger partial charge in [0.2, 0.25) is 0 Å². The fourth-order valence-electron chi connectivity index (χ4n) is 1.88. The lowest BCUT2D eigenvalue weighted by atomic mass is 9.98. The second-order valence-corrected chi connectivity index (χ2v) is 4.66. The largest absolute Gasteiger partial charge is 0.486 e. The Hall–Kier alpha value is -1.95. The Balaban J connectivity index is 2.09. The number of nitrogens with two attached hydrogens (primary N) is 1. The molecule has 1 aromatic rings. The van der Waals surface area contributed by atoms with Crippen LogP contribution < -0.4 is 15.8 Å². The highest BCUT2D eigenvalue weighted by Gasteiger charge is 2.35. The summed E-state index contributed by atoms with van der Waals surface area (Å²) in [6, 6.07) is 5.18. The maximum atomic E-state index is 10.8. The smallest absolute Gasteiger partial charge is 0.335 e. The van der Waals surface area contributed by atoms with Gasteiger partial charge in [-0.25, -0.2) is 4.79 Å². The van der Waals surface area contributed by atoms with Crippen LogP contribution in [0.1, 0.15) is 13.3 Å². The quantitative estimate of drug-likeness (QED) is 0.589. The van der Waals surface area contributed by atoms with Crippen molar-refractivity contribution in [3.63, 3.8) is 0 Å². The van der Waals surface area contributed by atoms with Crippen LogP contribution in [-0.4, -0.2) is 34.4 Å². The zero-order chi connectivity index (χ0) is 13.3. The van der Waals surface area contributed by atoms with E-state index in [0.29, 0.717) is 18.0 Å². The Morgan fingerprint density at radius 1 is 1.67 bits per heavy atom. The van der Waals surface area contributed by atoms with Gasteiger partial charge >= 0.3 is 5.97 Å². The Labute approximate surface area is 104 Å². The van der Waals surface area contributed by atoms with E-state index in [1.54, 1.807) is 18.2 Å². The average Bonchev–Trinajstić information content (AvgIpc) is 2.28. The molecule has 6 nitrogen and oxygen atoms in total. The molecule has 6 heteroatoms. The number of anilines is 2. The molecule has 0 unspecified atom stereocenters. The molecule has 0 saturated heterocycles. The minimum atomic E-state index is -1.79. The number of nitrogen functional groups attached to an aromatic ring is 1. The summed E-state index contributed by atoms with van der Waals surface area (Å²) < 4.78 is 5.63. The molecule has 0 fully saturated rings. The van der Waals surface area contributed by atoms with Gasteiger partial charge in [0.15, 0.2) is 5.60 Å². The Kier molecular flexibility index (Phi) is 3.04. The molecule has 2 rings (SSSR count). The molecule has 0 aliphatic carbocycles. The van der Waals surface area contributed by atoms with Crippen molar-refractivity contribution in [3.8, 4) is 5.75 Å². The van der Waals surface area contributed by atoms with E-state index in [4.69, 9.17) is 15.6 Å². The number of carbonyl (C=O) groups is 1. The number of carboxylic acid groups (broad SMARTS) is 1. The van der Waals surface area contributed by atoms with Crippen LogP contribution in [0.15, 0.2) is 18.2 Å². The summed E-state index contributed by atoms with van der Waals surface area (Å²) in [4.78, 5) is 10.8. The molecule has 0 saturated carbocycles. The molecule has 0 radical (unpaired) electrons. The number of hydrogen-bond donors (Lipinski definition) is 4. The van der Waals surface area contributed by atoms with Gasteiger partial charge in [-0.3, -0.25) is 0 Å². The van der Waals surface area contributed by atoms with E-state index in [1.807, 2.05) is 0 Å². The van der Waals surface area contributed by atoms with Gasteiger partial charge in [0, 0.05) is 12.1 Å². The van der Waals surface area contributed by atoms with E-state index in [1.165, 1.54) is 6.92 Å². The molecular weight excluding hydrogens is 236 g/mol. The van der Waals surface area contributed by atoms with Crippen molar-refractivity contribution in [2.75, 3.05) is 17.6 Å². The first-order valence-corrected chi connectivity index (χ1v) is 5.64. The predicted octanol–water partition coefficient (Wildman–Crippen LogP) is 0.667. The standard InChI is InChI=1S/C12H16N2O4/c1-12(17,11(15)16)5-8-6-14-9-4-7(13)2-3-10(9)18-8/h2-4,8,14,17H,5-6,13H2,1H3,(H,15,16)/t8-,12+/m0/s1. The first-order valence-electron chi connectivity index (χ1n) is 5.64. The number of aliphatic hydroxyl groups is 1. The van der Waals surface area contributed by atoms with Crippen LogP contribution in [0.4, 0.5) is 11.4 Å². The molecule has 1 heterocycles. The van der Waals surface area contributed by atoms with E-state index in [0.717, 1.165) is 5.69 Å². The van der Waals surface area contributed by atoms with Crippen molar-refractivity contribution < 1.29 is 19.7 Å². The Morgan fingerprint density at radius 3 is 3.06 bits per heavy atom. The SMILES string of the molecule is C[C@@](O)(C[C@H]1CNc2cc(N)ccc2O1)C(=O)O. The number of aliphatic carboxylic acids is 1. The highest BCUT2D eigenvalue weighted by Crippen LogP contribution is 2.32. The van der Waals surface area contributed by atoms with E-state index in [2.05, 4.69) is 5.32 Å². The van der Waals surface area contributed by atoms with Crippen molar-refractivity contribution >= 4 is 17.3 Å². The van der Waals surface area contributed by atoms with Crippen LogP contribution in [-0.2, 0) is 4.79 Å². The third kappa shape index (κ3) is 2.48. The summed E-state index contributed by atoms with van der Waals surface area (Å²) in [7, 11) is 0. The predicted molar refractivity (Wildman–Crippen MR) is 66.6 cm³/mol. The normalized spacial score (nSPS) is 21.1. The zero-order valence-corrected chi connectivity index (χ0v) is 10.0. The number of carboxylic acids is 1. The van der Waals surface area contributed by atoms with Gasteiger partial charge in [0.1, 0.15) is 11.9 Å². The van der Waals surface area contributed by atoms with Crippen LogP contribution in [0.2, 0.25) is 0 Å². The average molecular weight is 252 g/mol. The third-order valence-electron chi connectivity index (χ3n) is 2.90. The second-order valence-electron chi connectivity index (χ2n) is 4.66. The number of rotatable bonds is 3. The fraction of sp³-hybridized carbons (Fsp3) is 0.417. The maximum Gasteiger partial charge on any atom is 0.335 e. The summed E-state index contributed by atoms with van der Waals surface area (Å²) in [5.41, 5.74) is 5.26. The van der Waals surface area contributed by atoms with Crippen LogP contribution in [0.5, 0.6) is 5.75 Å². The second kappa shape index (κ2) is 4.38. The third-order valence-corrected chi connectivity index (χ3v) is 2.90. The van der Waals surface area contributed by atoms with Gasteiger partial charge in [-0.15, -0.1) is 0 Å². The van der Waals surface area contributed by atoms with Gasteiger partial charge in [0.05, 0.1) is 12.2 Å². The molecular formula is C12H16N2O4. The number of fused-ring (bicyclic) bond motifs is 1. The number of nitrogens with one attached hydrogen (secondary N) is 1. The van der Waals surface area contributed by atoms with E-state index < -0.39 is 17.7 Å². The Bertz CT molecular complexity index is 473. The van der Waals surface area contributed by atoms with Crippen molar-refractivity contribution in [3.05, 3.63) is 18.2 Å². The lowest BCUT2D eigenvalue weighted by Gasteiger charge is -2.31. The molecule has 0 amide bonds. The van der Waals surface area contributed by atoms with Crippen molar-refractivity contribution in [2.24, 2.45) is 0 Å². The molecule has 5 N–H and O–H groups in total. The minimum absolute atomic E-state index is 0.0130. The highest BCUT2D eigenvalue weighted by atomic mass is 16.5. The van der Waals surface area contributed by atoms with E-state index in [-0.39, 0.29) is 6.42 Å². The van der Waals surface area contributed by atoms with Crippen molar-refractivity contribution in [2.45, 2.75) is 25.0 Å². The molecule has 0 aromatic heterocycles. The summed E-state index contributed by atoms with van der Waals surface area (Å²) in [5, 5.41) is 21.7. The van der Waals surface area contributed by atoms with Gasteiger partial charge < -0.3 is 26.0 Å². The summed E-state index contributed by atoms with van der Waals surface area (Å²) in [6.45, 7) is 1.69. The van der Waals surface area contributed by atoms with Gasteiger partial charge in [-0.1, -0.05) is 0 Å². The van der Waals surface area contributed by atoms with E-state index >= 15 is 0 Å². The van der Waals surface area contributed by atoms with Gasteiger partial charge in [-0.2, -0.15) is 0 Å². The van der Waals surface area contributed by atoms with Crippen molar-refractivity contribution in [1.29, 1.82) is 0 Å². The summed E-state index contributed by atoms with van der Waals surface area (Å²) in [6.07, 6.45) is -0.383. The number of hydrogen-bond acceptors (Lipinski definition) is 5. The van der Waals surface area contributed by atoms with E-state index in [9.17, 15) is 9.90 Å². The molecule has 1 aliphatic heterocycles. The summed E-state index contributed by atoms with van der Waals surface area (Å²) in [5.74, 6) is -0.643. The monoisotopic (exact) mass is 252 g/mol.